The van der Waals surface area contributed by atoms with Crippen LogP contribution in [0.2, 0.25) is 0 Å². The van der Waals surface area contributed by atoms with Crippen LogP contribution in [0.15, 0.2) is 23.1 Å². The van der Waals surface area contributed by atoms with E-state index in [9.17, 15) is 4.79 Å². The predicted molar refractivity (Wildman–Crippen MR) is 64.2 cm³/mol. The number of anilines is 1. The molecule has 0 fully saturated rings. The largest absolute Gasteiger partial charge is 0.384 e. The first kappa shape index (κ1) is 11.8. The van der Waals surface area contributed by atoms with E-state index in [-0.39, 0.29) is 5.56 Å². The lowest BCUT2D eigenvalue weighted by atomic mass is 9.92. The van der Waals surface area contributed by atoms with Crippen LogP contribution in [-0.2, 0) is 7.05 Å². The lowest BCUT2D eigenvalue weighted by Crippen LogP contribution is -2.17. The number of rotatable bonds is 3. The van der Waals surface area contributed by atoms with E-state index in [1.54, 1.807) is 17.7 Å². The molecule has 1 aromatic rings. The Balaban J connectivity index is 2.52. The van der Waals surface area contributed by atoms with Gasteiger partial charge < -0.3 is 9.88 Å². The standard InChI is InChI=1S/C12H20N2O/c1-12(2,3)7-8-13-10-5-6-11(15)14(4)9-10/h5-6,9,13H,7-8H2,1-4H3. The molecule has 0 saturated carbocycles. The second kappa shape index (κ2) is 4.51. The van der Waals surface area contributed by atoms with Crippen LogP contribution in [0.3, 0.4) is 0 Å². The highest BCUT2D eigenvalue weighted by molar-refractivity contribution is 5.39. The first-order chi connectivity index (χ1) is 6.88. The Hall–Kier alpha value is -1.25. The fourth-order valence-electron chi connectivity index (χ4n) is 1.28. The second-order valence-electron chi connectivity index (χ2n) is 5.10. The molecule has 0 aliphatic rings. The molecule has 3 heteroatoms. The Morgan fingerprint density at radius 1 is 1.33 bits per heavy atom. The lowest BCUT2D eigenvalue weighted by Gasteiger charge is -2.18. The van der Waals surface area contributed by atoms with E-state index in [1.165, 1.54) is 0 Å². The van der Waals surface area contributed by atoms with Crippen LogP contribution in [0, 0.1) is 5.41 Å². The Kier molecular flexibility index (Phi) is 3.56. The van der Waals surface area contributed by atoms with E-state index < -0.39 is 0 Å². The van der Waals surface area contributed by atoms with E-state index in [0.29, 0.717) is 5.41 Å². The summed E-state index contributed by atoms with van der Waals surface area (Å²) >= 11 is 0. The van der Waals surface area contributed by atoms with Crippen molar-refractivity contribution in [3.05, 3.63) is 28.7 Å². The molecule has 0 radical (unpaired) electrons. The Labute approximate surface area is 91.1 Å². The van der Waals surface area contributed by atoms with Gasteiger partial charge in [0.25, 0.3) is 0 Å². The Morgan fingerprint density at radius 3 is 2.53 bits per heavy atom. The molecule has 0 bridgehead atoms. The molecule has 1 heterocycles. The molecule has 0 unspecified atom stereocenters. The molecule has 3 nitrogen and oxygen atoms in total. The fourth-order valence-corrected chi connectivity index (χ4v) is 1.28. The number of hydrogen-bond donors (Lipinski definition) is 1. The van der Waals surface area contributed by atoms with Crippen LogP contribution in [-0.4, -0.2) is 11.1 Å². The highest BCUT2D eigenvalue weighted by atomic mass is 16.1. The van der Waals surface area contributed by atoms with Crippen LogP contribution in [0.25, 0.3) is 0 Å². The summed E-state index contributed by atoms with van der Waals surface area (Å²) in [5, 5.41) is 3.31. The maximum Gasteiger partial charge on any atom is 0.250 e. The second-order valence-corrected chi connectivity index (χ2v) is 5.10. The third kappa shape index (κ3) is 4.19. The third-order valence-corrected chi connectivity index (χ3v) is 2.29. The van der Waals surface area contributed by atoms with Crippen molar-refractivity contribution in [1.29, 1.82) is 0 Å². The van der Waals surface area contributed by atoms with Crippen molar-refractivity contribution in [2.75, 3.05) is 11.9 Å². The lowest BCUT2D eigenvalue weighted by molar-refractivity contribution is 0.390. The van der Waals surface area contributed by atoms with Gasteiger partial charge in [0.1, 0.15) is 0 Å². The Morgan fingerprint density at radius 2 is 2.00 bits per heavy atom. The van der Waals surface area contributed by atoms with Gasteiger partial charge >= 0.3 is 0 Å². The van der Waals surface area contributed by atoms with Gasteiger partial charge in [-0.2, -0.15) is 0 Å². The van der Waals surface area contributed by atoms with Gasteiger partial charge in [-0.3, -0.25) is 4.79 Å². The first-order valence-electron chi connectivity index (χ1n) is 5.29. The average molecular weight is 208 g/mol. The number of nitrogens with zero attached hydrogens (tertiary/aromatic N) is 1. The summed E-state index contributed by atoms with van der Waals surface area (Å²) in [4.78, 5) is 11.1. The maximum absolute atomic E-state index is 11.1. The zero-order valence-corrected chi connectivity index (χ0v) is 10.0. The van der Waals surface area contributed by atoms with Crippen molar-refractivity contribution in [2.45, 2.75) is 27.2 Å². The van der Waals surface area contributed by atoms with E-state index in [1.807, 2.05) is 12.3 Å². The molecule has 0 aromatic carbocycles. The predicted octanol–water partition coefficient (Wildman–Crippen LogP) is 2.23. The normalized spacial score (nSPS) is 11.5. The van der Waals surface area contributed by atoms with Crippen LogP contribution in [0.4, 0.5) is 5.69 Å². The molecule has 1 rings (SSSR count). The van der Waals surface area contributed by atoms with Gasteiger partial charge in [-0.1, -0.05) is 20.8 Å². The molecule has 0 amide bonds. The van der Waals surface area contributed by atoms with Crippen LogP contribution < -0.4 is 10.9 Å². The molecule has 84 valence electrons. The van der Waals surface area contributed by atoms with E-state index >= 15 is 0 Å². The molecule has 0 aliphatic heterocycles. The van der Waals surface area contributed by atoms with Gasteiger partial charge in [-0.25, -0.2) is 0 Å². The van der Waals surface area contributed by atoms with Gasteiger partial charge in [0, 0.05) is 25.9 Å². The van der Waals surface area contributed by atoms with Gasteiger partial charge in [-0.05, 0) is 17.9 Å². The molecule has 15 heavy (non-hydrogen) atoms. The molecule has 1 aromatic heterocycles. The molecule has 0 aliphatic carbocycles. The molecule has 0 atom stereocenters. The molecular formula is C12H20N2O. The van der Waals surface area contributed by atoms with Crippen molar-refractivity contribution >= 4 is 5.69 Å². The van der Waals surface area contributed by atoms with Crippen molar-refractivity contribution in [3.63, 3.8) is 0 Å². The van der Waals surface area contributed by atoms with Crippen molar-refractivity contribution in [1.82, 2.24) is 4.57 Å². The summed E-state index contributed by atoms with van der Waals surface area (Å²) in [6, 6.07) is 3.41. The minimum Gasteiger partial charge on any atom is -0.384 e. The van der Waals surface area contributed by atoms with E-state index in [2.05, 4.69) is 26.1 Å². The van der Waals surface area contributed by atoms with Gasteiger partial charge in [0.05, 0.1) is 5.69 Å². The van der Waals surface area contributed by atoms with E-state index in [0.717, 1.165) is 18.7 Å². The summed E-state index contributed by atoms with van der Waals surface area (Å²) in [6.45, 7) is 7.59. The first-order valence-corrected chi connectivity index (χ1v) is 5.29. The summed E-state index contributed by atoms with van der Waals surface area (Å²) in [7, 11) is 1.76. The number of nitrogens with one attached hydrogen (secondary N) is 1. The molecule has 0 saturated heterocycles. The topological polar surface area (TPSA) is 34.0 Å². The van der Waals surface area contributed by atoms with Crippen molar-refractivity contribution in [3.8, 4) is 0 Å². The summed E-state index contributed by atoms with van der Waals surface area (Å²) in [6.07, 6.45) is 2.93. The van der Waals surface area contributed by atoms with Crippen molar-refractivity contribution in [2.24, 2.45) is 12.5 Å². The zero-order chi connectivity index (χ0) is 11.5. The van der Waals surface area contributed by atoms with Crippen LogP contribution in [0.5, 0.6) is 0 Å². The van der Waals surface area contributed by atoms with Crippen LogP contribution in [0.1, 0.15) is 27.2 Å². The smallest absolute Gasteiger partial charge is 0.250 e. The van der Waals surface area contributed by atoms with Crippen LogP contribution >= 0.6 is 0 Å². The summed E-state index contributed by atoms with van der Waals surface area (Å²) in [5.41, 5.74) is 1.37. The van der Waals surface area contributed by atoms with E-state index in [4.69, 9.17) is 0 Å². The van der Waals surface area contributed by atoms with Gasteiger partial charge in [0.2, 0.25) is 5.56 Å². The highest BCUT2D eigenvalue weighted by Gasteiger charge is 2.08. The number of aryl methyl sites for hydroxylation is 1. The quantitative estimate of drug-likeness (QED) is 0.826. The number of hydrogen-bond acceptors (Lipinski definition) is 2. The van der Waals surface area contributed by atoms with Gasteiger partial charge in [-0.15, -0.1) is 0 Å². The SMILES string of the molecule is Cn1cc(NCCC(C)(C)C)ccc1=O. The zero-order valence-electron chi connectivity index (χ0n) is 10.0. The minimum absolute atomic E-state index is 0.0244. The molecular weight excluding hydrogens is 188 g/mol. The monoisotopic (exact) mass is 208 g/mol. The number of pyridine rings is 1. The molecule has 0 spiro atoms. The van der Waals surface area contributed by atoms with Crippen molar-refractivity contribution < 1.29 is 0 Å². The maximum atomic E-state index is 11.1. The summed E-state index contributed by atoms with van der Waals surface area (Å²) in [5.74, 6) is 0. The average Bonchev–Trinajstić information content (AvgIpc) is 2.09. The minimum atomic E-state index is 0.0244. The highest BCUT2D eigenvalue weighted by Crippen LogP contribution is 2.18. The Bertz CT molecular complexity index is 374. The third-order valence-electron chi connectivity index (χ3n) is 2.29. The fraction of sp³-hybridized carbons (Fsp3) is 0.583. The summed E-state index contributed by atoms with van der Waals surface area (Å²) < 4.78 is 1.58. The number of aromatic nitrogens is 1. The molecule has 1 N–H and O–H groups in total. The van der Waals surface area contributed by atoms with Gasteiger partial charge in [0.15, 0.2) is 0 Å².